The zero-order valence-corrected chi connectivity index (χ0v) is 9.24. The van der Waals surface area contributed by atoms with E-state index in [0.29, 0.717) is 5.41 Å². The van der Waals surface area contributed by atoms with Gasteiger partial charge in [-0.3, -0.25) is 0 Å². The lowest BCUT2D eigenvalue weighted by atomic mass is 9.99. The van der Waals surface area contributed by atoms with Gasteiger partial charge < -0.3 is 4.43 Å². The van der Waals surface area contributed by atoms with Crippen LogP contribution in [0.5, 0.6) is 0 Å². The fraction of sp³-hybridized carbons (Fsp3) is 1.00. The molecule has 1 rings (SSSR count). The van der Waals surface area contributed by atoms with E-state index in [0.717, 1.165) is 6.61 Å². The molecular weight excluding hydrogens is 152 g/mol. The summed E-state index contributed by atoms with van der Waals surface area (Å²) in [5.41, 5.74) is 0.353. The Bertz CT molecular complexity index is 133. The Hall–Kier alpha value is 0.177. The topological polar surface area (TPSA) is 9.23 Å². The van der Waals surface area contributed by atoms with Crippen LogP contribution in [0, 0.1) is 5.41 Å². The highest BCUT2D eigenvalue weighted by atomic mass is 28.4. The summed E-state index contributed by atoms with van der Waals surface area (Å²) in [6.07, 6.45) is 1.41. The molecule has 11 heavy (non-hydrogen) atoms. The first-order valence-corrected chi connectivity index (χ1v) is 7.38. The molecule has 0 aromatic heterocycles. The van der Waals surface area contributed by atoms with Gasteiger partial charge in [0, 0.05) is 6.61 Å². The number of hydrogen-bond donors (Lipinski definition) is 0. The third kappa shape index (κ3) is 2.95. The third-order valence-corrected chi connectivity index (χ3v) is 5.93. The minimum atomic E-state index is -1.11. The van der Waals surface area contributed by atoms with Crippen molar-refractivity contribution in [2.45, 2.75) is 45.8 Å². The first kappa shape index (κ1) is 9.27. The molecule has 0 aliphatic carbocycles. The fourth-order valence-electron chi connectivity index (χ4n) is 1.21. The van der Waals surface area contributed by atoms with Crippen LogP contribution < -0.4 is 0 Å². The molecule has 0 saturated carbocycles. The molecule has 0 N–H and O–H groups in total. The van der Waals surface area contributed by atoms with Gasteiger partial charge in [-0.1, -0.05) is 27.2 Å². The average Bonchev–Trinajstić information content (AvgIpc) is 1.77. The summed E-state index contributed by atoms with van der Waals surface area (Å²) in [6, 6.07) is 2.78. The van der Waals surface area contributed by atoms with E-state index in [9.17, 15) is 0 Å². The smallest absolute Gasteiger partial charge is 0.189 e. The van der Waals surface area contributed by atoms with Crippen LogP contribution in [0.2, 0.25) is 18.6 Å². The lowest BCUT2D eigenvalue weighted by molar-refractivity contribution is 0.181. The lowest BCUT2D eigenvalue weighted by Gasteiger charge is -2.37. The normalized spacial score (nSPS) is 22.9. The van der Waals surface area contributed by atoms with E-state index in [1.54, 1.807) is 0 Å². The summed E-state index contributed by atoms with van der Waals surface area (Å²) in [5, 5.41) is 0. The summed E-state index contributed by atoms with van der Waals surface area (Å²) in [5.74, 6) is 0. The van der Waals surface area contributed by atoms with Crippen molar-refractivity contribution in [3.8, 4) is 0 Å². The van der Waals surface area contributed by atoms with Crippen molar-refractivity contribution in [2.75, 3.05) is 6.61 Å². The van der Waals surface area contributed by atoms with Crippen LogP contribution in [-0.2, 0) is 4.43 Å². The second-order valence-corrected chi connectivity index (χ2v) is 9.34. The van der Waals surface area contributed by atoms with Gasteiger partial charge in [-0.2, -0.15) is 0 Å². The van der Waals surface area contributed by atoms with E-state index in [4.69, 9.17) is 4.43 Å². The first-order valence-electron chi connectivity index (χ1n) is 4.55. The van der Waals surface area contributed by atoms with Crippen LogP contribution in [-0.4, -0.2) is 14.9 Å². The minimum absolute atomic E-state index is 0.353. The second-order valence-electron chi connectivity index (χ2n) is 5.15. The molecule has 0 aromatic rings. The fourth-order valence-corrected chi connectivity index (χ4v) is 3.63. The lowest BCUT2D eigenvalue weighted by Crippen LogP contribution is -2.43. The molecule has 1 heterocycles. The van der Waals surface area contributed by atoms with Crippen LogP contribution in [0.1, 0.15) is 27.2 Å². The van der Waals surface area contributed by atoms with Crippen molar-refractivity contribution in [2.24, 2.45) is 5.41 Å². The number of hydrogen-bond acceptors (Lipinski definition) is 1. The van der Waals surface area contributed by atoms with Gasteiger partial charge in [0.2, 0.25) is 0 Å². The van der Waals surface area contributed by atoms with Crippen molar-refractivity contribution in [1.82, 2.24) is 0 Å². The van der Waals surface area contributed by atoms with Gasteiger partial charge in [0.15, 0.2) is 8.32 Å². The van der Waals surface area contributed by atoms with Crippen LogP contribution >= 0.6 is 0 Å². The molecule has 0 amide bonds. The molecule has 0 unspecified atom stereocenters. The average molecular weight is 172 g/mol. The van der Waals surface area contributed by atoms with Crippen LogP contribution in [0.15, 0.2) is 0 Å². The molecule has 0 bridgehead atoms. The Balaban J connectivity index is 2.21. The van der Waals surface area contributed by atoms with E-state index in [2.05, 4.69) is 27.3 Å². The second kappa shape index (κ2) is 2.90. The van der Waals surface area contributed by atoms with E-state index < -0.39 is 8.32 Å². The summed E-state index contributed by atoms with van der Waals surface area (Å²) in [4.78, 5) is 0. The van der Waals surface area contributed by atoms with Crippen molar-refractivity contribution < 1.29 is 4.43 Å². The predicted molar refractivity (Wildman–Crippen MR) is 51.3 cm³/mol. The molecule has 0 atom stereocenters. The molecule has 66 valence electrons. The molecule has 1 fully saturated rings. The Kier molecular flexibility index (Phi) is 2.45. The predicted octanol–water partition coefficient (Wildman–Crippen LogP) is 3.03. The SMILES string of the molecule is CC(C)(C)CO[Si]1(C)CCC1. The Labute approximate surface area is 71.3 Å². The molecule has 0 radical (unpaired) electrons. The van der Waals surface area contributed by atoms with Crippen LogP contribution in [0.25, 0.3) is 0 Å². The Morgan fingerprint density at radius 3 is 2.09 bits per heavy atom. The zero-order valence-electron chi connectivity index (χ0n) is 8.24. The van der Waals surface area contributed by atoms with E-state index in [-0.39, 0.29) is 0 Å². The van der Waals surface area contributed by atoms with Crippen molar-refractivity contribution in [3.05, 3.63) is 0 Å². The molecular formula is C9H20OSi. The first-order chi connectivity index (χ1) is 4.91. The van der Waals surface area contributed by atoms with Gasteiger partial charge in [0.05, 0.1) is 0 Å². The molecule has 2 heteroatoms. The van der Waals surface area contributed by atoms with Gasteiger partial charge in [0.1, 0.15) is 0 Å². The minimum Gasteiger partial charge on any atom is -0.417 e. The van der Waals surface area contributed by atoms with Gasteiger partial charge in [-0.05, 0) is 24.1 Å². The summed E-state index contributed by atoms with van der Waals surface area (Å²) in [7, 11) is -1.11. The zero-order chi connectivity index (χ0) is 8.54. The van der Waals surface area contributed by atoms with Gasteiger partial charge >= 0.3 is 0 Å². The molecule has 1 aliphatic rings. The summed E-state index contributed by atoms with van der Waals surface area (Å²) < 4.78 is 5.97. The molecule has 1 aliphatic heterocycles. The van der Waals surface area contributed by atoms with E-state index in [1.165, 1.54) is 18.5 Å². The number of rotatable bonds is 2. The molecule has 0 aromatic carbocycles. The largest absolute Gasteiger partial charge is 0.417 e. The Morgan fingerprint density at radius 1 is 1.27 bits per heavy atom. The maximum Gasteiger partial charge on any atom is 0.189 e. The van der Waals surface area contributed by atoms with E-state index >= 15 is 0 Å². The third-order valence-electron chi connectivity index (χ3n) is 2.26. The quantitative estimate of drug-likeness (QED) is 0.582. The molecule has 1 saturated heterocycles. The molecule has 0 spiro atoms. The maximum atomic E-state index is 5.97. The van der Waals surface area contributed by atoms with Crippen LogP contribution in [0.4, 0.5) is 0 Å². The Morgan fingerprint density at radius 2 is 1.82 bits per heavy atom. The van der Waals surface area contributed by atoms with E-state index in [1.807, 2.05) is 0 Å². The summed E-state index contributed by atoms with van der Waals surface area (Å²) >= 11 is 0. The highest BCUT2D eigenvalue weighted by Gasteiger charge is 2.37. The van der Waals surface area contributed by atoms with Gasteiger partial charge in [-0.25, -0.2) is 0 Å². The van der Waals surface area contributed by atoms with Gasteiger partial charge in [0.25, 0.3) is 0 Å². The van der Waals surface area contributed by atoms with Crippen molar-refractivity contribution >= 4 is 8.32 Å². The molecule has 1 nitrogen and oxygen atoms in total. The standard InChI is InChI=1S/C9H20OSi/c1-9(2,3)8-10-11(4)6-5-7-11/h5-8H2,1-4H3. The highest BCUT2D eigenvalue weighted by molar-refractivity contribution is 6.75. The summed E-state index contributed by atoms with van der Waals surface area (Å²) in [6.45, 7) is 10.0. The van der Waals surface area contributed by atoms with Crippen molar-refractivity contribution in [3.63, 3.8) is 0 Å². The van der Waals surface area contributed by atoms with Gasteiger partial charge in [-0.15, -0.1) is 0 Å². The monoisotopic (exact) mass is 172 g/mol. The van der Waals surface area contributed by atoms with Crippen LogP contribution in [0.3, 0.4) is 0 Å². The maximum absolute atomic E-state index is 5.97. The highest BCUT2D eigenvalue weighted by Crippen LogP contribution is 2.34. The van der Waals surface area contributed by atoms with Crippen molar-refractivity contribution in [1.29, 1.82) is 0 Å².